The molecule has 0 atom stereocenters. The summed E-state index contributed by atoms with van der Waals surface area (Å²) < 4.78 is 27.7. The van der Waals surface area contributed by atoms with Gasteiger partial charge in [0, 0.05) is 79.4 Å². The summed E-state index contributed by atoms with van der Waals surface area (Å²) in [4.78, 5) is 26.7. The Balaban J connectivity index is 1.28. The predicted molar refractivity (Wildman–Crippen MR) is 165 cm³/mol. The summed E-state index contributed by atoms with van der Waals surface area (Å²) in [6.45, 7) is 4.85. The van der Waals surface area contributed by atoms with Gasteiger partial charge in [-0.1, -0.05) is 18.6 Å². The Morgan fingerprint density at radius 2 is 1.88 bits per heavy atom. The fraction of sp³-hybridized carbons (Fsp3) is 0.364. The first-order chi connectivity index (χ1) is 20.7. The molecule has 1 amide bonds. The molecule has 224 valence electrons. The number of likely N-dealkylation sites (tertiary alicyclic amines) is 1. The van der Waals surface area contributed by atoms with E-state index in [1.165, 1.54) is 30.4 Å². The van der Waals surface area contributed by atoms with E-state index in [0.717, 1.165) is 53.1 Å². The van der Waals surface area contributed by atoms with Crippen LogP contribution in [0.3, 0.4) is 0 Å². The van der Waals surface area contributed by atoms with E-state index in [1.54, 1.807) is 12.1 Å². The SMILES string of the molecule is Cc1ccc(-c2cncc(CN3CCCCC3)c2)cc1/C(C(=O)Nc1ccnc(N2CCC(F)(F)C2)c1)=C(/N)CC1=CN1. The molecule has 0 spiro atoms. The fourth-order valence-electron chi connectivity index (χ4n) is 5.86. The molecule has 6 rings (SSSR count). The first-order valence-electron chi connectivity index (χ1n) is 14.9. The number of alkyl halides is 2. The number of rotatable bonds is 9. The van der Waals surface area contributed by atoms with Crippen LogP contribution in [0, 0.1) is 6.92 Å². The van der Waals surface area contributed by atoms with Gasteiger partial charge < -0.3 is 21.3 Å². The van der Waals surface area contributed by atoms with Crippen LogP contribution in [-0.4, -0.2) is 52.9 Å². The topological polar surface area (TPSA) is 109 Å². The third-order valence-corrected chi connectivity index (χ3v) is 8.26. The number of nitrogens with zero attached hydrogens (tertiary/aromatic N) is 4. The standard InChI is InChI=1S/C33H37F2N7O/c1-22-5-6-24(25-13-23(17-37-18-25)20-41-10-3-2-4-11-41)14-28(22)31(29(36)15-27-19-39-27)32(43)40-26-7-9-38-30(16-26)42-12-8-33(34,35)21-42/h5-7,9,13-14,16-19,39H,2-4,8,10-12,15,20-21,36H2,1H3,(H,38,40,43)/b31-29-. The Kier molecular flexibility index (Phi) is 8.12. The van der Waals surface area contributed by atoms with Crippen molar-refractivity contribution in [3.63, 3.8) is 0 Å². The Hall–Kier alpha value is -4.31. The average molecular weight is 586 g/mol. The lowest BCUT2D eigenvalue weighted by Crippen LogP contribution is -2.29. The Morgan fingerprint density at radius 1 is 1.07 bits per heavy atom. The van der Waals surface area contributed by atoms with Crippen LogP contribution in [0.5, 0.6) is 0 Å². The number of amides is 1. The molecule has 2 fully saturated rings. The van der Waals surface area contributed by atoms with Crippen LogP contribution in [0.4, 0.5) is 20.3 Å². The lowest BCUT2D eigenvalue weighted by Gasteiger charge is -2.26. The van der Waals surface area contributed by atoms with Crippen molar-refractivity contribution in [2.75, 3.05) is 36.4 Å². The molecule has 3 aromatic rings. The van der Waals surface area contributed by atoms with Crippen LogP contribution < -0.4 is 21.3 Å². The van der Waals surface area contributed by atoms with E-state index in [9.17, 15) is 13.6 Å². The maximum absolute atomic E-state index is 13.9. The molecule has 0 radical (unpaired) electrons. The molecule has 0 aliphatic carbocycles. The van der Waals surface area contributed by atoms with Crippen molar-refractivity contribution in [3.8, 4) is 11.1 Å². The van der Waals surface area contributed by atoms with Gasteiger partial charge in [-0.25, -0.2) is 13.8 Å². The van der Waals surface area contributed by atoms with Gasteiger partial charge in [0.15, 0.2) is 0 Å². The van der Waals surface area contributed by atoms with Crippen LogP contribution in [0.15, 0.2) is 72.6 Å². The molecule has 2 aromatic heterocycles. The first-order valence-corrected chi connectivity index (χ1v) is 14.9. The summed E-state index contributed by atoms with van der Waals surface area (Å²) >= 11 is 0. The second-order valence-electron chi connectivity index (χ2n) is 11.7. The van der Waals surface area contributed by atoms with Gasteiger partial charge in [0.05, 0.1) is 12.1 Å². The smallest absolute Gasteiger partial charge is 0.266 e. The van der Waals surface area contributed by atoms with E-state index in [4.69, 9.17) is 5.73 Å². The minimum atomic E-state index is -2.75. The molecule has 0 saturated carbocycles. The zero-order chi connectivity index (χ0) is 30.0. The molecule has 3 aliphatic heterocycles. The molecular formula is C33H37F2N7O. The van der Waals surface area contributed by atoms with E-state index in [2.05, 4.69) is 31.6 Å². The zero-order valence-electron chi connectivity index (χ0n) is 24.4. The number of hydrogen-bond acceptors (Lipinski definition) is 7. The highest BCUT2D eigenvalue weighted by Crippen LogP contribution is 2.33. The van der Waals surface area contributed by atoms with E-state index in [0.29, 0.717) is 29.2 Å². The number of anilines is 2. The third-order valence-electron chi connectivity index (χ3n) is 8.26. The number of carbonyl (C=O) groups excluding carboxylic acids is 1. The number of aryl methyl sites for hydroxylation is 1. The van der Waals surface area contributed by atoms with Crippen molar-refractivity contribution in [1.82, 2.24) is 20.2 Å². The zero-order valence-corrected chi connectivity index (χ0v) is 24.4. The highest BCUT2D eigenvalue weighted by Gasteiger charge is 2.38. The third kappa shape index (κ3) is 7.02. The maximum Gasteiger partial charge on any atom is 0.266 e. The molecule has 2 saturated heterocycles. The van der Waals surface area contributed by atoms with Gasteiger partial charge in [-0.2, -0.15) is 0 Å². The van der Waals surface area contributed by atoms with Gasteiger partial charge in [0.2, 0.25) is 0 Å². The van der Waals surface area contributed by atoms with E-state index in [-0.39, 0.29) is 18.9 Å². The summed E-state index contributed by atoms with van der Waals surface area (Å²) in [5.74, 6) is -2.72. The number of aromatic nitrogens is 2. The second kappa shape index (κ2) is 12.1. The molecule has 43 heavy (non-hydrogen) atoms. The number of pyridine rings is 2. The van der Waals surface area contributed by atoms with Gasteiger partial charge in [-0.15, -0.1) is 0 Å². The molecule has 4 N–H and O–H groups in total. The van der Waals surface area contributed by atoms with Crippen molar-refractivity contribution in [2.24, 2.45) is 5.73 Å². The normalized spacial score (nSPS) is 18.5. The fourth-order valence-corrected chi connectivity index (χ4v) is 5.86. The molecule has 3 aliphatic rings. The lowest BCUT2D eigenvalue weighted by molar-refractivity contribution is -0.111. The highest BCUT2D eigenvalue weighted by molar-refractivity contribution is 6.26. The second-order valence-corrected chi connectivity index (χ2v) is 11.7. The molecule has 0 bridgehead atoms. The van der Waals surface area contributed by atoms with Crippen molar-refractivity contribution < 1.29 is 13.6 Å². The van der Waals surface area contributed by atoms with Gasteiger partial charge in [0.1, 0.15) is 5.82 Å². The number of halogens is 2. The minimum Gasteiger partial charge on any atom is -0.401 e. The van der Waals surface area contributed by atoms with Crippen LogP contribution in [0.25, 0.3) is 16.7 Å². The Labute approximate surface area is 250 Å². The summed E-state index contributed by atoms with van der Waals surface area (Å²) in [6, 6.07) is 11.5. The van der Waals surface area contributed by atoms with Crippen LogP contribution >= 0.6 is 0 Å². The summed E-state index contributed by atoms with van der Waals surface area (Å²) in [7, 11) is 0. The summed E-state index contributed by atoms with van der Waals surface area (Å²) in [5, 5.41) is 6.01. The number of nitrogens with two attached hydrogens (primary N) is 1. The molecule has 8 nitrogen and oxygen atoms in total. The quantitative estimate of drug-likeness (QED) is 0.288. The Bertz CT molecular complexity index is 1580. The number of carbonyl (C=O) groups is 1. The van der Waals surface area contributed by atoms with Crippen LogP contribution in [0.1, 0.15) is 48.8 Å². The van der Waals surface area contributed by atoms with Gasteiger partial charge >= 0.3 is 0 Å². The van der Waals surface area contributed by atoms with Crippen LogP contribution in [-0.2, 0) is 11.3 Å². The van der Waals surface area contributed by atoms with E-state index in [1.807, 2.05) is 43.7 Å². The van der Waals surface area contributed by atoms with Gasteiger partial charge in [-0.05, 0) is 73.3 Å². The van der Waals surface area contributed by atoms with E-state index < -0.39 is 12.5 Å². The monoisotopic (exact) mass is 585 g/mol. The summed E-state index contributed by atoms with van der Waals surface area (Å²) in [6.07, 6.45) is 11.1. The van der Waals surface area contributed by atoms with Gasteiger partial charge in [0.25, 0.3) is 11.8 Å². The van der Waals surface area contributed by atoms with E-state index >= 15 is 0 Å². The molecule has 0 unspecified atom stereocenters. The number of benzene rings is 1. The van der Waals surface area contributed by atoms with Crippen molar-refractivity contribution in [2.45, 2.75) is 51.5 Å². The first kappa shape index (κ1) is 28.8. The Morgan fingerprint density at radius 3 is 2.63 bits per heavy atom. The van der Waals surface area contributed by atoms with Crippen molar-refractivity contribution in [1.29, 1.82) is 0 Å². The van der Waals surface area contributed by atoms with Crippen molar-refractivity contribution >= 4 is 23.0 Å². The average Bonchev–Trinajstić information content (AvgIpc) is 3.73. The highest BCUT2D eigenvalue weighted by atomic mass is 19.3. The summed E-state index contributed by atoms with van der Waals surface area (Å²) in [5.41, 5.74) is 13.5. The molecule has 1 aromatic carbocycles. The van der Waals surface area contributed by atoms with Crippen LogP contribution in [0.2, 0.25) is 0 Å². The molecule has 5 heterocycles. The maximum atomic E-state index is 13.9. The minimum absolute atomic E-state index is 0.206. The van der Waals surface area contributed by atoms with Crippen molar-refractivity contribution in [3.05, 3.63) is 89.3 Å². The molecule has 10 heteroatoms. The van der Waals surface area contributed by atoms with Gasteiger partial charge in [-0.3, -0.25) is 14.7 Å². The number of piperidine rings is 1. The lowest BCUT2D eigenvalue weighted by atomic mass is 9.93. The molecular weight excluding hydrogens is 548 g/mol. The predicted octanol–water partition coefficient (Wildman–Crippen LogP) is 5.43. The number of hydrogen-bond donors (Lipinski definition) is 3. The number of nitrogens with one attached hydrogen (secondary N) is 2. The largest absolute Gasteiger partial charge is 0.401 e.